The van der Waals surface area contributed by atoms with Gasteiger partial charge in [0.25, 0.3) is 0 Å². The van der Waals surface area contributed by atoms with Crippen LogP contribution in [-0.2, 0) is 17.9 Å². The highest BCUT2D eigenvalue weighted by molar-refractivity contribution is 5.82. The van der Waals surface area contributed by atoms with Crippen LogP contribution in [-0.4, -0.2) is 39.2 Å². The normalized spacial score (nSPS) is 23.3. The first-order valence-electron chi connectivity index (χ1n) is 9.47. The number of nitrogens with zero attached hydrogens (tertiary/aromatic N) is 2. The highest BCUT2D eigenvalue weighted by atomic mass is 16.4. The molecule has 2 aromatic rings. The number of benzene rings is 1. The molecule has 26 heavy (non-hydrogen) atoms. The van der Waals surface area contributed by atoms with Crippen molar-refractivity contribution in [1.29, 1.82) is 0 Å². The minimum atomic E-state index is -0.713. The smallest absolute Gasteiger partial charge is 0.317 e. The maximum Gasteiger partial charge on any atom is 0.317 e. The molecule has 1 saturated carbocycles. The van der Waals surface area contributed by atoms with Crippen LogP contribution < -0.4 is 5.32 Å². The van der Waals surface area contributed by atoms with Gasteiger partial charge in [-0.3, -0.25) is 4.79 Å². The molecule has 2 N–H and O–H groups in total. The Balaban J connectivity index is 1.42. The summed E-state index contributed by atoms with van der Waals surface area (Å²) in [5.74, 6) is -0.966. The second-order valence-corrected chi connectivity index (χ2v) is 7.46. The molecule has 0 unspecified atom stereocenters. The van der Waals surface area contributed by atoms with Gasteiger partial charge in [-0.05, 0) is 49.6 Å². The predicted octanol–water partition coefficient (Wildman–Crippen LogP) is 3.20. The number of carboxylic acid groups (broad SMARTS) is 1. The number of rotatable bonds is 2. The van der Waals surface area contributed by atoms with Gasteiger partial charge >= 0.3 is 12.0 Å². The number of aryl methyl sites for hydroxylation is 1. The first kappa shape index (κ1) is 16.9. The summed E-state index contributed by atoms with van der Waals surface area (Å²) < 4.78 is 2.32. The number of aliphatic carboxylic acids is 1. The Morgan fingerprint density at radius 1 is 1.08 bits per heavy atom. The molecule has 1 aliphatic heterocycles. The van der Waals surface area contributed by atoms with E-state index >= 15 is 0 Å². The summed E-state index contributed by atoms with van der Waals surface area (Å²) in [6.45, 7) is 2.29. The summed E-state index contributed by atoms with van der Waals surface area (Å²) in [5, 5.41) is 13.4. The SMILES string of the molecule is O=C(O)C1CCC(NC(=O)N2CCCn3c(cc4ccccc43)C2)CC1. The standard InChI is InChI=1S/C20H25N3O3/c24-19(25)14-6-8-16(9-7-14)21-20(26)22-10-3-11-23-17(13-22)12-15-4-1-2-5-18(15)23/h1-2,4-5,12,14,16H,3,6-11,13H2,(H,21,26)(H,24,25). The largest absolute Gasteiger partial charge is 0.481 e. The van der Waals surface area contributed by atoms with Crippen LogP contribution in [0, 0.1) is 5.92 Å². The Hall–Kier alpha value is -2.50. The van der Waals surface area contributed by atoms with E-state index in [1.54, 1.807) is 0 Å². The summed E-state index contributed by atoms with van der Waals surface area (Å²) in [5.41, 5.74) is 2.41. The Morgan fingerprint density at radius 3 is 2.62 bits per heavy atom. The summed E-state index contributed by atoms with van der Waals surface area (Å²) in [7, 11) is 0. The third kappa shape index (κ3) is 3.28. The molecule has 1 aromatic heterocycles. The Labute approximate surface area is 152 Å². The molecule has 0 radical (unpaired) electrons. The van der Waals surface area contributed by atoms with Gasteiger partial charge in [0.1, 0.15) is 0 Å². The number of aromatic nitrogens is 1. The van der Waals surface area contributed by atoms with E-state index in [-0.39, 0.29) is 18.0 Å². The van der Waals surface area contributed by atoms with Crippen molar-refractivity contribution >= 4 is 22.9 Å². The van der Waals surface area contributed by atoms with E-state index in [1.807, 2.05) is 11.0 Å². The van der Waals surface area contributed by atoms with Gasteiger partial charge in [-0.1, -0.05) is 18.2 Å². The van der Waals surface area contributed by atoms with E-state index < -0.39 is 5.97 Å². The van der Waals surface area contributed by atoms with Crippen LogP contribution in [0.1, 0.15) is 37.8 Å². The minimum absolute atomic E-state index is 0.0255. The van der Waals surface area contributed by atoms with E-state index in [0.29, 0.717) is 19.4 Å². The number of carboxylic acids is 1. The summed E-state index contributed by atoms with van der Waals surface area (Å²) in [6.07, 6.45) is 3.72. The minimum Gasteiger partial charge on any atom is -0.481 e. The monoisotopic (exact) mass is 355 g/mol. The highest BCUT2D eigenvalue weighted by Crippen LogP contribution is 2.26. The zero-order valence-electron chi connectivity index (χ0n) is 14.9. The fourth-order valence-corrected chi connectivity index (χ4v) is 4.28. The van der Waals surface area contributed by atoms with Crippen molar-refractivity contribution in [2.45, 2.75) is 51.2 Å². The van der Waals surface area contributed by atoms with Crippen LogP contribution in [0.2, 0.25) is 0 Å². The molecule has 1 aliphatic carbocycles. The maximum atomic E-state index is 12.7. The topological polar surface area (TPSA) is 74.6 Å². The number of fused-ring (bicyclic) bond motifs is 3. The lowest BCUT2D eigenvalue weighted by molar-refractivity contribution is -0.142. The molecule has 1 aromatic carbocycles. The third-order valence-corrected chi connectivity index (χ3v) is 5.75. The van der Waals surface area contributed by atoms with Crippen molar-refractivity contribution in [3.05, 3.63) is 36.0 Å². The molecule has 138 valence electrons. The van der Waals surface area contributed by atoms with Gasteiger partial charge in [0.2, 0.25) is 0 Å². The quantitative estimate of drug-likeness (QED) is 0.869. The molecule has 2 heterocycles. The number of carbonyl (C=O) groups is 2. The number of amides is 2. The average molecular weight is 355 g/mol. The van der Waals surface area contributed by atoms with Gasteiger partial charge in [-0.2, -0.15) is 0 Å². The predicted molar refractivity (Wildman–Crippen MR) is 98.9 cm³/mol. The van der Waals surface area contributed by atoms with E-state index in [9.17, 15) is 9.59 Å². The van der Waals surface area contributed by atoms with Crippen LogP contribution in [0.5, 0.6) is 0 Å². The molecule has 1 fully saturated rings. The number of nitrogens with one attached hydrogen (secondary N) is 1. The molecule has 0 bridgehead atoms. The molecule has 6 nitrogen and oxygen atoms in total. The third-order valence-electron chi connectivity index (χ3n) is 5.75. The van der Waals surface area contributed by atoms with Crippen LogP contribution in [0.15, 0.2) is 30.3 Å². The Morgan fingerprint density at radius 2 is 1.85 bits per heavy atom. The van der Waals surface area contributed by atoms with E-state index in [1.165, 1.54) is 16.6 Å². The lowest BCUT2D eigenvalue weighted by Gasteiger charge is -2.29. The van der Waals surface area contributed by atoms with E-state index in [4.69, 9.17) is 5.11 Å². The Kier molecular flexibility index (Phi) is 4.57. The molecule has 2 aliphatic rings. The second kappa shape index (κ2) is 7.02. The van der Waals surface area contributed by atoms with Crippen molar-refractivity contribution in [3.8, 4) is 0 Å². The average Bonchev–Trinajstić information content (AvgIpc) is 2.84. The first-order valence-corrected chi connectivity index (χ1v) is 9.47. The molecule has 0 atom stereocenters. The first-order chi connectivity index (χ1) is 12.6. The molecule has 0 saturated heterocycles. The van der Waals surface area contributed by atoms with Crippen LogP contribution >= 0.6 is 0 Å². The van der Waals surface area contributed by atoms with Gasteiger partial charge < -0.3 is 19.9 Å². The van der Waals surface area contributed by atoms with Crippen molar-refractivity contribution in [2.24, 2.45) is 5.92 Å². The lowest BCUT2D eigenvalue weighted by Crippen LogP contribution is -2.46. The molecule has 4 rings (SSSR count). The van der Waals surface area contributed by atoms with Gasteiger partial charge in [0.15, 0.2) is 0 Å². The number of para-hydroxylation sites is 1. The molecule has 2 amide bonds. The summed E-state index contributed by atoms with van der Waals surface area (Å²) in [4.78, 5) is 25.7. The van der Waals surface area contributed by atoms with Crippen LogP contribution in [0.3, 0.4) is 0 Å². The zero-order chi connectivity index (χ0) is 18.1. The number of carbonyl (C=O) groups excluding carboxylic acids is 1. The lowest BCUT2D eigenvalue weighted by atomic mass is 9.86. The highest BCUT2D eigenvalue weighted by Gasteiger charge is 2.28. The van der Waals surface area contributed by atoms with Gasteiger partial charge in [0, 0.05) is 30.3 Å². The zero-order valence-corrected chi connectivity index (χ0v) is 14.9. The van der Waals surface area contributed by atoms with Crippen molar-refractivity contribution in [1.82, 2.24) is 14.8 Å². The van der Waals surface area contributed by atoms with Crippen LogP contribution in [0.25, 0.3) is 10.9 Å². The van der Waals surface area contributed by atoms with Crippen molar-refractivity contribution in [3.63, 3.8) is 0 Å². The van der Waals surface area contributed by atoms with Crippen LogP contribution in [0.4, 0.5) is 4.79 Å². The van der Waals surface area contributed by atoms with E-state index in [0.717, 1.165) is 32.4 Å². The van der Waals surface area contributed by atoms with Gasteiger partial charge in [-0.15, -0.1) is 0 Å². The number of hydrogen-bond donors (Lipinski definition) is 2. The molecular formula is C20H25N3O3. The fraction of sp³-hybridized carbons (Fsp3) is 0.500. The molecular weight excluding hydrogens is 330 g/mol. The second-order valence-electron chi connectivity index (χ2n) is 7.46. The van der Waals surface area contributed by atoms with Crippen molar-refractivity contribution in [2.75, 3.05) is 6.54 Å². The van der Waals surface area contributed by atoms with E-state index in [2.05, 4.69) is 34.1 Å². The number of urea groups is 1. The molecule has 0 spiro atoms. The number of hydrogen-bond acceptors (Lipinski definition) is 2. The van der Waals surface area contributed by atoms with Gasteiger partial charge in [-0.25, -0.2) is 4.79 Å². The fourth-order valence-electron chi connectivity index (χ4n) is 4.28. The maximum absolute atomic E-state index is 12.7. The molecule has 6 heteroatoms. The Bertz CT molecular complexity index is 821. The van der Waals surface area contributed by atoms with Gasteiger partial charge in [0.05, 0.1) is 12.5 Å². The summed E-state index contributed by atoms with van der Waals surface area (Å²) in [6, 6.07) is 10.6. The van der Waals surface area contributed by atoms with Crippen molar-refractivity contribution < 1.29 is 14.7 Å². The summed E-state index contributed by atoms with van der Waals surface area (Å²) >= 11 is 0.